The van der Waals surface area contributed by atoms with E-state index in [2.05, 4.69) is 9.84 Å². The number of amides is 1. The molecule has 0 saturated heterocycles. The lowest BCUT2D eigenvalue weighted by atomic mass is 10.3. The fraction of sp³-hybridized carbons (Fsp3) is 0.400. The van der Waals surface area contributed by atoms with Crippen LogP contribution in [0.1, 0.15) is 6.92 Å². The lowest BCUT2D eigenvalue weighted by Gasteiger charge is -2.02. The maximum absolute atomic E-state index is 10.7. The minimum Gasteiger partial charge on any atom is -0.412 e. The molecule has 0 unspecified atom stereocenters. The second kappa shape index (κ2) is 4.25. The molecular weight excluding hydrogens is 185 g/mol. The zero-order valence-electron chi connectivity index (χ0n) is 6.64. The molecule has 0 rings (SSSR count). The van der Waals surface area contributed by atoms with Crippen molar-refractivity contribution in [1.82, 2.24) is 5.32 Å². The minimum atomic E-state index is -4.53. The molecule has 0 saturated carbocycles. The van der Waals surface area contributed by atoms with Crippen LogP contribution in [0.4, 0.5) is 0 Å². The Bertz CT molecular complexity index is 242. The third kappa shape index (κ3) is 4.90. The molecule has 0 aliphatic heterocycles. The highest BCUT2D eigenvalue weighted by molar-refractivity contribution is 7.46. The zero-order valence-corrected chi connectivity index (χ0v) is 7.54. The molecule has 0 fully saturated rings. The largest absolute Gasteiger partial charge is 0.524 e. The van der Waals surface area contributed by atoms with Crippen molar-refractivity contribution in [1.29, 1.82) is 0 Å². The predicted octanol–water partition coefficient (Wildman–Crippen LogP) is -0.255. The number of likely N-dealkylation sites (N-methyl/N-ethyl adjacent to an activating group) is 1. The Morgan fingerprint density at radius 3 is 2.42 bits per heavy atom. The van der Waals surface area contributed by atoms with Gasteiger partial charge in [-0.2, -0.15) is 0 Å². The van der Waals surface area contributed by atoms with Crippen LogP contribution in [0.25, 0.3) is 0 Å². The van der Waals surface area contributed by atoms with Gasteiger partial charge in [-0.15, -0.1) is 0 Å². The average molecular weight is 195 g/mol. The summed E-state index contributed by atoms with van der Waals surface area (Å²) in [4.78, 5) is 27.2. The summed E-state index contributed by atoms with van der Waals surface area (Å²) in [5, 5.41) is 2.26. The van der Waals surface area contributed by atoms with Gasteiger partial charge in [-0.05, 0) is 6.92 Å². The molecule has 0 aromatic rings. The zero-order chi connectivity index (χ0) is 9.78. The first-order valence-electron chi connectivity index (χ1n) is 2.99. The Balaban J connectivity index is 4.20. The number of rotatable bonds is 3. The summed E-state index contributed by atoms with van der Waals surface area (Å²) in [6, 6.07) is 0. The predicted molar refractivity (Wildman–Crippen MR) is 41.0 cm³/mol. The van der Waals surface area contributed by atoms with Crippen molar-refractivity contribution in [2.45, 2.75) is 6.92 Å². The number of phosphoric acid groups is 1. The van der Waals surface area contributed by atoms with Crippen LogP contribution in [0.3, 0.4) is 0 Å². The topological polar surface area (TPSA) is 95.9 Å². The quantitative estimate of drug-likeness (QED) is 0.327. The molecular formula is C5H10NO5P. The van der Waals surface area contributed by atoms with Crippen molar-refractivity contribution < 1.29 is 23.7 Å². The van der Waals surface area contributed by atoms with Crippen LogP contribution in [0.15, 0.2) is 11.8 Å². The number of phosphoric ester groups is 1. The fourth-order valence-electron chi connectivity index (χ4n) is 0.398. The van der Waals surface area contributed by atoms with Gasteiger partial charge in [0.15, 0.2) is 0 Å². The van der Waals surface area contributed by atoms with Crippen LogP contribution in [-0.2, 0) is 13.9 Å². The number of carbonyl (C=O) groups is 1. The highest BCUT2D eigenvalue weighted by Gasteiger charge is 2.13. The summed E-state index contributed by atoms with van der Waals surface area (Å²) >= 11 is 0. The van der Waals surface area contributed by atoms with Crippen molar-refractivity contribution in [2.24, 2.45) is 0 Å². The van der Waals surface area contributed by atoms with E-state index in [-0.39, 0.29) is 5.57 Å². The van der Waals surface area contributed by atoms with Crippen LogP contribution in [0, 0.1) is 0 Å². The Hall–Kier alpha value is -0.840. The second-order valence-electron chi connectivity index (χ2n) is 1.98. The minimum absolute atomic E-state index is 0.0841. The van der Waals surface area contributed by atoms with Gasteiger partial charge in [-0.1, -0.05) is 0 Å². The molecule has 0 aromatic carbocycles. The Kier molecular flexibility index (Phi) is 3.95. The molecule has 0 atom stereocenters. The Labute approximate surface area is 69.5 Å². The molecule has 70 valence electrons. The first-order chi connectivity index (χ1) is 5.37. The summed E-state index contributed by atoms with van der Waals surface area (Å²) in [5.41, 5.74) is 0.0841. The van der Waals surface area contributed by atoms with Gasteiger partial charge in [0.25, 0.3) is 0 Å². The van der Waals surface area contributed by atoms with Crippen LogP contribution >= 0.6 is 7.82 Å². The summed E-state index contributed by atoms with van der Waals surface area (Å²) in [6.45, 7) is 1.37. The summed E-state index contributed by atoms with van der Waals surface area (Å²) in [6.07, 6.45) is 0.722. The van der Waals surface area contributed by atoms with E-state index in [1.54, 1.807) is 0 Å². The van der Waals surface area contributed by atoms with Gasteiger partial charge in [0.2, 0.25) is 5.91 Å². The molecule has 0 heterocycles. The molecule has 0 aromatic heterocycles. The molecule has 12 heavy (non-hydrogen) atoms. The van der Waals surface area contributed by atoms with Crippen molar-refractivity contribution in [2.75, 3.05) is 7.05 Å². The molecule has 3 N–H and O–H groups in total. The first-order valence-corrected chi connectivity index (χ1v) is 4.52. The maximum atomic E-state index is 10.7. The number of carbonyl (C=O) groups excluding carboxylic acids is 1. The van der Waals surface area contributed by atoms with E-state index in [1.807, 2.05) is 0 Å². The molecule has 0 aliphatic rings. The van der Waals surface area contributed by atoms with Crippen LogP contribution in [-0.4, -0.2) is 22.7 Å². The fourth-order valence-corrected chi connectivity index (χ4v) is 0.694. The monoisotopic (exact) mass is 195 g/mol. The van der Waals surface area contributed by atoms with Gasteiger partial charge in [-0.3, -0.25) is 14.6 Å². The summed E-state index contributed by atoms with van der Waals surface area (Å²) in [7, 11) is -3.13. The number of hydrogen-bond acceptors (Lipinski definition) is 3. The summed E-state index contributed by atoms with van der Waals surface area (Å²) in [5.74, 6) is -0.455. The van der Waals surface area contributed by atoms with E-state index >= 15 is 0 Å². The summed E-state index contributed by atoms with van der Waals surface area (Å²) < 4.78 is 14.1. The van der Waals surface area contributed by atoms with Crippen molar-refractivity contribution in [3.05, 3.63) is 11.8 Å². The molecule has 6 nitrogen and oxygen atoms in total. The molecule has 1 amide bonds. The van der Waals surface area contributed by atoms with Crippen LogP contribution < -0.4 is 5.32 Å². The van der Waals surface area contributed by atoms with Crippen molar-refractivity contribution in [3.8, 4) is 0 Å². The number of hydrogen-bond donors (Lipinski definition) is 3. The molecule has 0 bridgehead atoms. The molecule has 0 aliphatic carbocycles. The third-order valence-electron chi connectivity index (χ3n) is 0.952. The number of nitrogens with one attached hydrogen (secondary N) is 1. The van der Waals surface area contributed by atoms with Gasteiger partial charge < -0.3 is 9.84 Å². The van der Waals surface area contributed by atoms with E-state index in [0.29, 0.717) is 0 Å². The third-order valence-corrected chi connectivity index (χ3v) is 1.33. The maximum Gasteiger partial charge on any atom is 0.524 e. The normalized spacial score (nSPS) is 12.5. The van der Waals surface area contributed by atoms with E-state index in [0.717, 1.165) is 6.26 Å². The standard InChI is InChI=1S/C5H10NO5P/c1-4(5(7)6-2)3-11-12(8,9)10/h3H,1-2H3,(H,6,7)(H2,8,9,10). The van der Waals surface area contributed by atoms with E-state index in [4.69, 9.17) is 9.79 Å². The first kappa shape index (κ1) is 11.2. The van der Waals surface area contributed by atoms with Gasteiger partial charge in [0, 0.05) is 12.6 Å². The van der Waals surface area contributed by atoms with Gasteiger partial charge in [0.05, 0.1) is 0 Å². The highest BCUT2D eigenvalue weighted by atomic mass is 31.2. The molecule has 0 radical (unpaired) electrons. The van der Waals surface area contributed by atoms with E-state index in [9.17, 15) is 9.36 Å². The van der Waals surface area contributed by atoms with Crippen LogP contribution in [0.2, 0.25) is 0 Å². The molecule has 0 spiro atoms. The smallest absolute Gasteiger partial charge is 0.412 e. The van der Waals surface area contributed by atoms with Crippen molar-refractivity contribution in [3.63, 3.8) is 0 Å². The van der Waals surface area contributed by atoms with E-state index < -0.39 is 13.7 Å². The molecule has 7 heteroatoms. The van der Waals surface area contributed by atoms with Gasteiger partial charge in [-0.25, -0.2) is 4.57 Å². The average Bonchev–Trinajstić information content (AvgIpc) is 1.97. The highest BCUT2D eigenvalue weighted by Crippen LogP contribution is 2.36. The van der Waals surface area contributed by atoms with E-state index in [1.165, 1.54) is 14.0 Å². The SMILES string of the molecule is CNC(=O)C(C)=COP(=O)(O)O. The second-order valence-corrected chi connectivity index (χ2v) is 3.17. The van der Waals surface area contributed by atoms with Gasteiger partial charge in [0.1, 0.15) is 6.26 Å². The lowest BCUT2D eigenvalue weighted by molar-refractivity contribution is -0.117. The Morgan fingerprint density at radius 1 is 1.58 bits per heavy atom. The van der Waals surface area contributed by atoms with Crippen molar-refractivity contribution >= 4 is 13.7 Å². The Morgan fingerprint density at radius 2 is 2.08 bits per heavy atom. The van der Waals surface area contributed by atoms with Gasteiger partial charge >= 0.3 is 7.82 Å². The van der Waals surface area contributed by atoms with Crippen LogP contribution in [0.5, 0.6) is 0 Å². The lowest BCUT2D eigenvalue weighted by Crippen LogP contribution is -2.18.